The molecule has 1 aliphatic rings. The number of amides is 3. The van der Waals surface area contributed by atoms with E-state index in [0.29, 0.717) is 12.3 Å². The van der Waals surface area contributed by atoms with Gasteiger partial charge in [0.1, 0.15) is 5.76 Å². The summed E-state index contributed by atoms with van der Waals surface area (Å²) in [6.45, 7) is 1.96. The SMILES string of the molecule is O=C(NCC(=O)N1CCCC1)NCc1ccco1. The standard InChI is InChI=1S/C12H17N3O3/c16-11(15-5-1-2-6-15)9-14-12(17)13-8-10-4-3-7-18-10/h3-4,7H,1-2,5-6,8-9H2,(H2,13,14,17). The molecule has 1 saturated heterocycles. The van der Waals surface area contributed by atoms with Gasteiger partial charge in [-0.15, -0.1) is 0 Å². The highest BCUT2D eigenvalue weighted by molar-refractivity contribution is 5.84. The van der Waals surface area contributed by atoms with Gasteiger partial charge in [0.25, 0.3) is 0 Å². The molecule has 0 unspecified atom stereocenters. The maximum Gasteiger partial charge on any atom is 0.315 e. The van der Waals surface area contributed by atoms with Gasteiger partial charge in [-0.2, -0.15) is 0 Å². The molecule has 6 heteroatoms. The van der Waals surface area contributed by atoms with E-state index >= 15 is 0 Å². The number of nitrogens with zero attached hydrogens (tertiary/aromatic N) is 1. The van der Waals surface area contributed by atoms with Crippen LogP contribution in [0.15, 0.2) is 22.8 Å². The van der Waals surface area contributed by atoms with Crippen LogP contribution in [0.5, 0.6) is 0 Å². The van der Waals surface area contributed by atoms with Crippen molar-refractivity contribution in [3.05, 3.63) is 24.2 Å². The molecular formula is C12H17N3O3. The monoisotopic (exact) mass is 251 g/mol. The number of hydrogen-bond acceptors (Lipinski definition) is 3. The van der Waals surface area contributed by atoms with Gasteiger partial charge in [0, 0.05) is 13.1 Å². The number of carbonyl (C=O) groups is 2. The second-order valence-electron chi connectivity index (χ2n) is 4.20. The van der Waals surface area contributed by atoms with Gasteiger partial charge in [-0.1, -0.05) is 0 Å². The minimum atomic E-state index is -0.362. The van der Waals surface area contributed by atoms with Gasteiger partial charge in [-0.3, -0.25) is 4.79 Å². The van der Waals surface area contributed by atoms with Crippen molar-refractivity contribution in [2.45, 2.75) is 19.4 Å². The molecule has 3 amide bonds. The van der Waals surface area contributed by atoms with Crippen molar-refractivity contribution in [1.82, 2.24) is 15.5 Å². The quantitative estimate of drug-likeness (QED) is 0.827. The van der Waals surface area contributed by atoms with E-state index in [9.17, 15) is 9.59 Å². The molecule has 1 fully saturated rings. The Morgan fingerprint density at radius 2 is 2.06 bits per heavy atom. The Kier molecular flexibility index (Phi) is 4.22. The van der Waals surface area contributed by atoms with E-state index < -0.39 is 0 Å². The summed E-state index contributed by atoms with van der Waals surface area (Å²) < 4.78 is 5.07. The van der Waals surface area contributed by atoms with Gasteiger partial charge in [0.2, 0.25) is 5.91 Å². The molecule has 2 rings (SSSR count). The maximum atomic E-state index is 11.6. The van der Waals surface area contributed by atoms with E-state index in [1.165, 1.54) is 0 Å². The van der Waals surface area contributed by atoms with Crippen LogP contribution in [0, 0.1) is 0 Å². The molecule has 1 aliphatic heterocycles. The zero-order chi connectivity index (χ0) is 12.8. The predicted molar refractivity (Wildman–Crippen MR) is 64.8 cm³/mol. The Labute approximate surface area is 105 Å². The van der Waals surface area contributed by atoms with Crippen LogP contribution >= 0.6 is 0 Å². The van der Waals surface area contributed by atoms with E-state index in [1.54, 1.807) is 23.3 Å². The lowest BCUT2D eigenvalue weighted by Crippen LogP contribution is -2.42. The van der Waals surface area contributed by atoms with Crippen molar-refractivity contribution < 1.29 is 14.0 Å². The predicted octanol–water partition coefficient (Wildman–Crippen LogP) is 0.701. The highest BCUT2D eigenvalue weighted by Crippen LogP contribution is 2.06. The Morgan fingerprint density at radius 3 is 2.72 bits per heavy atom. The minimum Gasteiger partial charge on any atom is -0.467 e. The summed E-state index contributed by atoms with van der Waals surface area (Å²) in [6.07, 6.45) is 3.65. The van der Waals surface area contributed by atoms with Gasteiger partial charge in [-0.05, 0) is 25.0 Å². The summed E-state index contributed by atoms with van der Waals surface area (Å²) in [5, 5.41) is 5.16. The van der Waals surface area contributed by atoms with Crippen molar-refractivity contribution in [2.75, 3.05) is 19.6 Å². The van der Waals surface area contributed by atoms with Crippen molar-refractivity contribution in [3.8, 4) is 0 Å². The third kappa shape index (κ3) is 3.51. The minimum absolute atomic E-state index is 0.0272. The summed E-state index contributed by atoms with van der Waals surface area (Å²) in [5.41, 5.74) is 0. The van der Waals surface area contributed by atoms with Crippen LogP contribution in [0.25, 0.3) is 0 Å². The fourth-order valence-corrected chi connectivity index (χ4v) is 1.88. The summed E-state index contributed by atoms with van der Waals surface area (Å²) in [5.74, 6) is 0.650. The first-order valence-corrected chi connectivity index (χ1v) is 6.07. The molecule has 0 aliphatic carbocycles. The van der Waals surface area contributed by atoms with E-state index in [-0.39, 0.29) is 18.5 Å². The smallest absolute Gasteiger partial charge is 0.315 e. The normalized spacial score (nSPS) is 14.6. The third-order valence-corrected chi connectivity index (χ3v) is 2.86. The van der Waals surface area contributed by atoms with Gasteiger partial charge in [0.05, 0.1) is 19.4 Å². The number of urea groups is 1. The Balaban J connectivity index is 1.63. The molecule has 0 aromatic carbocycles. The molecule has 0 spiro atoms. The third-order valence-electron chi connectivity index (χ3n) is 2.86. The van der Waals surface area contributed by atoms with Gasteiger partial charge >= 0.3 is 6.03 Å². The molecule has 98 valence electrons. The first kappa shape index (κ1) is 12.5. The number of carbonyl (C=O) groups excluding carboxylic acids is 2. The number of hydrogen-bond donors (Lipinski definition) is 2. The molecule has 18 heavy (non-hydrogen) atoms. The molecule has 2 heterocycles. The number of nitrogens with one attached hydrogen (secondary N) is 2. The van der Waals surface area contributed by atoms with E-state index in [0.717, 1.165) is 25.9 Å². The van der Waals surface area contributed by atoms with Crippen molar-refractivity contribution in [1.29, 1.82) is 0 Å². The fraction of sp³-hybridized carbons (Fsp3) is 0.500. The van der Waals surface area contributed by atoms with Gasteiger partial charge < -0.3 is 20.0 Å². The topological polar surface area (TPSA) is 74.6 Å². The highest BCUT2D eigenvalue weighted by Gasteiger charge is 2.17. The average molecular weight is 251 g/mol. The van der Waals surface area contributed by atoms with E-state index in [2.05, 4.69) is 10.6 Å². The number of furan rings is 1. The molecule has 1 aromatic heterocycles. The Hall–Kier alpha value is -1.98. The second-order valence-corrected chi connectivity index (χ2v) is 4.20. The Bertz CT molecular complexity index is 397. The first-order valence-electron chi connectivity index (χ1n) is 6.07. The molecule has 0 radical (unpaired) electrons. The highest BCUT2D eigenvalue weighted by atomic mass is 16.3. The van der Waals surface area contributed by atoms with Crippen LogP contribution in [-0.4, -0.2) is 36.5 Å². The van der Waals surface area contributed by atoms with Gasteiger partial charge in [0.15, 0.2) is 0 Å². The van der Waals surface area contributed by atoms with E-state index in [1.807, 2.05) is 0 Å². The molecule has 0 atom stereocenters. The van der Waals surface area contributed by atoms with Crippen LogP contribution in [-0.2, 0) is 11.3 Å². The van der Waals surface area contributed by atoms with E-state index in [4.69, 9.17) is 4.42 Å². The molecule has 1 aromatic rings. The lowest BCUT2D eigenvalue weighted by molar-refractivity contribution is -0.128. The van der Waals surface area contributed by atoms with Crippen LogP contribution < -0.4 is 10.6 Å². The molecule has 0 saturated carbocycles. The summed E-state index contributed by atoms with van der Waals surface area (Å²) in [7, 11) is 0. The van der Waals surface area contributed by atoms with Crippen LogP contribution in [0.3, 0.4) is 0 Å². The molecule has 0 bridgehead atoms. The lowest BCUT2D eigenvalue weighted by Gasteiger charge is -2.15. The molecule has 2 N–H and O–H groups in total. The lowest BCUT2D eigenvalue weighted by atomic mass is 10.4. The zero-order valence-electron chi connectivity index (χ0n) is 10.1. The first-order chi connectivity index (χ1) is 8.75. The summed E-state index contributed by atoms with van der Waals surface area (Å²) in [6, 6.07) is 3.17. The van der Waals surface area contributed by atoms with Gasteiger partial charge in [-0.25, -0.2) is 4.79 Å². The largest absolute Gasteiger partial charge is 0.467 e. The van der Waals surface area contributed by atoms with Crippen molar-refractivity contribution >= 4 is 11.9 Å². The van der Waals surface area contributed by atoms with Crippen LogP contribution in [0.2, 0.25) is 0 Å². The number of likely N-dealkylation sites (tertiary alicyclic amines) is 1. The summed E-state index contributed by atoms with van der Waals surface area (Å²) in [4.78, 5) is 24.8. The molecular weight excluding hydrogens is 234 g/mol. The fourth-order valence-electron chi connectivity index (χ4n) is 1.88. The van der Waals surface area contributed by atoms with Crippen LogP contribution in [0.4, 0.5) is 4.79 Å². The van der Waals surface area contributed by atoms with Crippen molar-refractivity contribution in [2.24, 2.45) is 0 Å². The summed E-state index contributed by atoms with van der Waals surface area (Å²) >= 11 is 0. The number of rotatable bonds is 4. The van der Waals surface area contributed by atoms with Crippen molar-refractivity contribution in [3.63, 3.8) is 0 Å². The molecule has 6 nitrogen and oxygen atoms in total. The van der Waals surface area contributed by atoms with Crippen LogP contribution in [0.1, 0.15) is 18.6 Å². The maximum absolute atomic E-state index is 11.6. The second kappa shape index (κ2) is 6.09. The Morgan fingerprint density at radius 1 is 1.28 bits per heavy atom. The zero-order valence-corrected chi connectivity index (χ0v) is 10.1. The average Bonchev–Trinajstić information content (AvgIpc) is 3.05.